The number of hydrogen-bond acceptors (Lipinski definition) is 6. The third-order valence-electron chi connectivity index (χ3n) is 4.54. The van der Waals surface area contributed by atoms with Crippen LogP contribution in [-0.4, -0.2) is 42.2 Å². The Morgan fingerprint density at radius 3 is 2.28 bits per heavy atom. The van der Waals surface area contributed by atoms with Crippen molar-refractivity contribution in [2.45, 2.75) is 17.7 Å². The van der Waals surface area contributed by atoms with Crippen LogP contribution in [0.1, 0.15) is 12.8 Å². The van der Waals surface area contributed by atoms with Crippen molar-refractivity contribution < 1.29 is 27.4 Å². The first-order valence-electron chi connectivity index (χ1n) is 8.73. The molecule has 1 aliphatic rings. The number of sulfonamides is 1. The van der Waals surface area contributed by atoms with Crippen LogP contribution in [-0.2, 0) is 14.8 Å². The Morgan fingerprint density at radius 2 is 1.69 bits per heavy atom. The molecule has 0 bridgehead atoms. The number of amides is 1. The monoisotopic (exact) mass is 440 g/mol. The minimum Gasteiger partial charge on any atom is -0.495 e. The average molecular weight is 441 g/mol. The Kier molecular flexibility index (Phi) is 6.09. The first-order chi connectivity index (χ1) is 13.8. The van der Waals surface area contributed by atoms with E-state index < -0.39 is 10.0 Å². The Labute approximate surface area is 174 Å². The summed E-state index contributed by atoms with van der Waals surface area (Å²) in [5.41, 5.74) is 0.585. The molecule has 1 amide bonds. The van der Waals surface area contributed by atoms with Crippen LogP contribution >= 0.6 is 11.6 Å². The predicted octanol–water partition coefficient (Wildman–Crippen LogP) is 3.29. The molecule has 156 valence electrons. The van der Waals surface area contributed by atoms with Gasteiger partial charge in [0.2, 0.25) is 5.91 Å². The molecule has 0 aliphatic carbocycles. The number of rotatable bonds is 7. The van der Waals surface area contributed by atoms with Gasteiger partial charge in [0.05, 0.1) is 42.6 Å². The molecule has 0 atom stereocenters. The van der Waals surface area contributed by atoms with Crippen LogP contribution < -0.4 is 23.8 Å². The van der Waals surface area contributed by atoms with Crippen LogP contribution in [0.25, 0.3) is 0 Å². The van der Waals surface area contributed by atoms with Gasteiger partial charge >= 0.3 is 0 Å². The highest BCUT2D eigenvalue weighted by Gasteiger charge is 2.27. The van der Waals surface area contributed by atoms with Gasteiger partial charge in [0.1, 0.15) is 17.2 Å². The lowest BCUT2D eigenvalue weighted by Gasteiger charge is -2.20. The zero-order valence-electron chi connectivity index (χ0n) is 16.2. The number of ether oxygens (including phenoxy) is 3. The molecular weight excluding hydrogens is 420 g/mol. The highest BCUT2D eigenvalue weighted by molar-refractivity contribution is 7.92. The van der Waals surface area contributed by atoms with Crippen molar-refractivity contribution in [2.24, 2.45) is 0 Å². The SMILES string of the molecule is COc1cc(NS(=O)(=O)c2ccc(OC)c(N3CCCC3=O)c2)c(OC)cc1Cl. The molecule has 1 N–H and O–H groups in total. The standard InChI is InChI=1S/C19H21ClN2O6S/c1-26-16-7-6-12(9-15(16)22-8-4-5-19(22)23)29(24,25)21-14-11-17(27-2)13(20)10-18(14)28-3/h6-7,9-11,21H,4-5,8H2,1-3H3. The van der Waals surface area contributed by atoms with E-state index in [9.17, 15) is 13.2 Å². The van der Waals surface area contributed by atoms with Gasteiger partial charge in [0.15, 0.2) is 0 Å². The molecule has 2 aromatic rings. The summed E-state index contributed by atoms with van der Waals surface area (Å²) >= 11 is 6.08. The maximum atomic E-state index is 13.0. The van der Waals surface area contributed by atoms with E-state index in [1.165, 1.54) is 56.6 Å². The molecule has 0 radical (unpaired) electrons. The van der Waals surface area contributed by atoms with E-state index in [0.717, 1.165) is 0 Å². The summed E-state index contributed by atoms with van der Waals surface area (Å²) in [6, 6.07) is 7.25. The molecule has 1 heterocycles. The van der Waals surface area contributed by atoms with E-state index in [0.29, 0.717) is 36.6 Å². The summed E-state index contributed by atoms with van der Waals surface area (Å²) in [6.45, 7) is 0.508. The van der Waals surface area contributed by atoms with Crippen molar-refractivity contribution in [1.29, 1.82) is 0 Å². The zero-order valence-corrected chi connectivity index (χ0v) is 17.8. The van der Waals surface area contributed by atoms with E-state index in [4.69, 9.17) is 25.8 Å². The molecule has 29 heavy (non-hydrogen) atoms. The van der Waals surface area contributed by atoms with E-state index >= 15 is 0 Å². The van der Waals surface area contributed by atoms with Crippen LogP contribution in [0.4, 0.5) is 11.4 Å². The van der Waals surface area contributed by atoms with Crippen LogP contribution in [0.2, 0.25) is 5.02 Å². The Hall–Kier alpha value is -2.65. The largest absolute Gasteiger partial charge is 0.495 e. The Morgan fingerprint density at radius 1 is 1.00 bits per heavy atom. The second-order valence-electron chi connectivity index (χ2n) is 6.28. The molecule has 1 fully saturated rings. The quantitative estimate of drug-likeness (QED) is 0.710. The van der Waals surface area contributed by atoms with Crippen molar-refractivity contribution >= 4 is 38.9 Å². The van der Waals surface area contributed by atoms with Crippen molar-refractivity contribution in [2.75, 3.05) is 37.5 Å². The van der Waals surface area contributed by atoms with Crippen molar-refractivity contribution in [3.8, 4) is 17.2 Å². The second kappa shape index (κ2) is 8.38. The minimum atomic E-state index is -4.00. The van der Waals surface area contributed by atoms with Crippen LogP contribution in [0.15, 0.2) is 35.2 Å². The van der Waals surface area contributed by atoms with Crippen molar-refractivity contribution in [3.05, 3.63) is 35.4 Å². The zero-order chi connectivity index (χ0) is 21.2. The number of carbonyl (C=O) groups excluding carboxylic acids is 1. The molecule has 10 heteroatoms. The van der Waals surface area contributed by atoms with Gasteiger partial charge in [-0.15, -0.1) is 0 Å². The molecular formula is C19H21ClN2O6S. The number of carbonyl (C=O) groups is 1. The fraction of sp³-hybridized carbons (Fsp3) is 0.316. The number of halogens is 1. The minimum absolute atomic E-state index is 0.0241. The van der Waals surface area contributed by atoms with Crippen LogP contribution in [0, 0.1) is 0 Å². The molecule has 0 saturated carbocycles. The highest BCUT2D eigenvalue weighted by Crippen LogP contribution is 2.38. The van der Waals surface area contributed by atoms with E-state index in [1.807, 2.05) is 0 Å². The average Bonchev–Trinajstić information content (AvgIpc) is 3.13. The van der Waals surface area contributed by atoms with Gasteiger partial charge in [0.25, 0.3) is 10.0 Å². The topological polar surface area (TPSA) is 94.2 Å². The lowest BCUT2D eigenvalue weighted by Crippen LogP contribution is -2.25. The molecule has 0 unspecified atom stereocenters. The van der Waals surface area contributed by atoms with Crippen molar-refractivity contribution in [3.63, 3.8) is 0 Å². The molecule has 0 aromatic heterocycles. The number of nitrogens with zero attached hydrogens (tertiary/aromatic N) is 1. The summed E-state index contributed by atoms with van der Waals surface area (Å²) in [5, 5.41) is 0.284. The van der Waals surface area contributed by atoms with Crippen molar-refractivity contribution in [1.82, 2.24) is 0 Å². The number of methoxy groups -OCH3 is 3. The Balaban J connectivity index is 2.01. The highest BCUT2D eigenvalue weighted by atomic mass is 35.5. The van der Waals surface area contributed by atoms with Gasteiger partial charge in [0, 0.05) is 25.1 Å². The third kappa shape index (κ3) is 4.20. The van der Waals surface area contributed by atoms with Crippen LogP contribution in [0.5, 0.6) is 17.2 Å². The lowest BCUT2D eigenvalue weighted by molar-refractivity contribution is -0.117. The van der Waals surface area contributed by atoms with Gasteiger partial charge < -0.3 is 19.1 Å². The fourth-order valence-corrected chi connectivity index (χ4v) is 4.41. The summed E-state index contributed by atoms with van der Waals surface area (Å²) in [5.74, 6) is 0.880. The van der Waals surface area contributed by atoms with Gasteiger partial charge in [-0.3, -0.25) is 9.52 Å². The molecule has 3 rings (SSSR count). The Bertz CT molecular complexity index is 1040. The maximum Gasteiger partial charge on any atom is 0.262 e. The third-order valence-corrected chi connectivity index (χ3v) is 6.20. The molecule has 1 saturated heterocycles. The first-order valence-corrected chi connectivity index (χ1v) is 10.6. The van der Waals surface area contributed by atoms with Crippen LogP contribution in [0.3, 0.4) is 0 Å². The first kappa shape index (κ1) is 21.1. The smallest absolute Gasteiger partial charge is 0.262 e. The normalized spacial score (nSPS) is 14.1. The molecule has 8 nitrogen and oxygen atoms in total. The van der Waals surface area contributed by atoms with Gasteiger partial charge in [-0.2, -0.15) is 0 Å². The van der Waals surface area contributed by atoms with E-state index in [1.54, 1.807) is 0 Å². The van der Waals surface area contributed by atoms with Gasteiger partial charge in [-0.1, -0.05) is 11.6 Å². The molecule has 0 spiro atoms. The molecule has 2 aromatic carbocycles. The number of hydrogen-bond donors (Lipinski definition) is 1. The predicted molar refractivity (Wildman–Crippen MR) is 110 cm³/mol. The number of nitrogens with one attached hydrogen (secondary N) is 1. The fourth-order valence-electron chi connectivity index (χ4n) is 3.09. The summed E-state index contributed by atoms with van der Waals surface area (Å²) < 4.78 is 44.2. The second-order valence-corrected chi connectivity index (χ2v) is 8.36. The maximum absolute atomic E-state index is 13.0. The molecule has 1 aliphatic heterocycles. The number of anilines is 2. The summed E-state index contributed by atoms with van der Waals surface area (Å²) in [7, 11) is 0.297. The number of benzene rings is 2. The summed E-state index contributed by atoms with van der Waals surface area (Å²) in [4.78, 5) is 13.7. The van der Waals surface area contributed by atoms with E-state index in [-0.39, 0.29) is 27.3 Å². The van der Waals surface area contributed by atoms with Gasteiger partial charge in [-0.25, -0.2) is 8.42 Å². The van der Waals surface area contributed by atoms with Gasteiger partial charge in [-0.05, 0) is 24.6 Å². The van der Waals surface area contributed by atoms with E-state index in [2.05, 4.69) is 4.72 Å². The lowest BCUT2D eigenvalue weighted by atomic mass is 10.2. The summed E-state index contributed by atoms with van der Waals surface area (Å²) in [6.07, 6.45) is 1.12.